The summed E-state index contributed by atoms with van der Waals surface area (Å²) in [6.45, 7) is 5.99. The third-order valence-electron chi connectivity index (χ3n) is 1.75. The smallest absolute Gasteiger partial charge is 0.161 e. The van der Waals surface area contributed by atoms with E-state index in [1.54, 1.807) is 12.1 Å². The van der Waals surface area contributed by atoms with Crippen molar-refractivity contribution in [3.05, 3.63) is 34.9 Å². The first-order valence-electron chi connectivity index (χ1n) is 4.69. The molecule has 1 aromatic carbocycles. The maximum Gasteiger partial charge on any atom is 0.161 e. The molecule has 84 valence electrons. The van der Waals surface area contributed by atoms with Gasteiger partial charge >= 0.3 is 0 Å². The molecule has 0 aromatic heterocycles. The van der Waals surface area contributed by atoms with Gasteiger partial charge in [0.2, 0.25) is 0 Å². The summed E-state index contributed by atoms with van der Waals surface area (Å²) < 4.78 is 16.5. The number of halogens is 1. The third kappa shape index (κ3) is 4.33. The number of hydrogen-bond donors (Lipinski definition) is 0. The average molecular weight is 247 g/mol. The molecule has 1 rings (SSSR count). The molecule has 0 spiro atoms. The van der Waals surface area contributed by atoms with Crippen molar-refractivity contribution in [2.45, 2.75) is 32.1 Å². The van der Waals surface area contributed by atoms with E-state index in [1.807, 2.05) is 32.9 Å². The molecule has 1 unspecified atom stereocenters. The standard InChI is InChI=1S/C11H15ClO2S/c1-11(2,3)15(13)14-8-9-4-6-10(12)7-5-9/h4-7H,8H2,1-3H3. The molecule has 0 N–H and O–H groups in total. The third-order valence-corrected chi connectivity index (χ3v) is 3.33. The van der Waals surface area contributed by atoms with E-state index < -0.39 is 11.1 Å². The SMILES string of the molecule is CC(C)(C)S(=O)OCc1ccc(Cl)cc1. The van der Waals surface area contributed by atoms with Gasteiger partial charge in [0.05, 0.1) is 11.4 Å². The topological polar surface area (TPSA) is 26.3 Å². The van der Waals surface area contributed by atoms with E-state index in [2.05, 4.69) is 0 Å². The summed E-state index contributed by atoms with van der Waals surface area (Å²) in [5.74, 6) is 0. The highest BCUT2D eigenvalue weighted by Gasteiger charge is 2.20. The number of hydrogen-bond acceptors (Lipinski definition) is 2. The minimum Gasteiger partial charge on any atom is -0.285 e. The molecule has 0 amide bonds. The van der Waals surface area contributed by atoms with Crippen LogP contribution in [0.3, 0.4) is 0 Å². The van der Waals surface area contributed by atoms with Gasteiger partial charge in [-0.05, 0) is 38.5 Å². The summed E-state index contributed by atoms with van der Waals surface area (Å²) in [6.07, 6.45) is 0. The van der Waals surface area contributed by atoms with Crippen LogP contribution in [0.5, 0.6) is 0 Å². The Labute approximate surface area is 98.3 Å². The van der Waals surface area contributed by atoms with Crippen molar-refractivity contribution in [3.8, 4) is 0 Å². The summed E-state index contributed by atoms with van der Waals surface area (Å²) in [6, 6.07) is 7.31. The molecule has 0 radical (unpaired) electrons. The molecule has 2 nitrogen and oxygen atoms in total. The van der Waals surface area contributed by atoms with Gasteiger partial charge in [0, 0.05) is 5.02 Å². The second kappa shape index (κ2) is 5.10. The van der Waals surface area contributed by atoms with Gasteiger partial charge in [0.25, 0.3) is 0 Å². The molecule has 0 aliphatic rings. The number of benzene rings is 1. The van der Waals surface area contributed by atoms with E-state index >= 15 is 0 Å². The fraction of sp³-hybridized carbons (Fsp3) is 0.455. The van der Waals surface area contributed by atoms with Crippen LogP contribution in [0.2, 0.25) is 5.02 Å². The lowest BCUT2D eigenvalue weighted by atomic mass is 10.2. The van der Waals surface area contributed by atoms with Crippen LogP contribution in [0.25, 0.3) is 0 Å². The highest BCUT2D eigenvalue weighted by Crippen LogP contribution is 2.15. The van der Waals surface area contributed by atoms with Gasteiger partial charge in [0.15, 0.2) is 11.1 Å². The van der Waals surface area contributed by atoms with Gasteiger partial charge in [-0.15, -0.1) is 0 Å². The molecule has 0 saturated carbocycles. The molecule has 0 aliphatic heterocycles. The first kappa shape index (κ1) is 12.7. The van der Waals surface area contributed by atoms with Crippen LogP contribution >= 0.6 is 11.6 Å². The fourth-order valence-electron chi connectivity index (χ4n) is 0.879. The van der Waals surface area contributed by atoms with Crippen molar-refractivity contribution >= 4 is 22.7 Å². The zero-order valence-corrected chi connectivity index (χ0v) is 10.7. The fourth-order valence-corrected chi connectivity index (χ4v) is 1.60. The Morgan fingerprint density at radius 2 is 1.80 bits per heavy atom. The van der Waals surface area contributed by atoms with Crippen LogP contribution < -0.4 is 0 Å². The van der Waals surface area contributed by atoms with Crippen LogP contribution in [0, 0.1) is 0 Å². The quantitative estimate of drug-likeness (QED) is 0.818. The molecule has 0 heterocycles. The monoisotopic (exact) mass is 246 g/mol. The minimum atomic E-state index is -1.28. The van der Waals surface area contributed by atoms with Crippen LogP contribution in [-0.4, -0.2) is 8.96 Å². The van der Waals surface area contributed by atoms with Gasteiger partial charge in [0.1, 0.15) is 0 Å². The normalized spacial score (nSPS) is 13.9. The first-order chi connectivity index (χ1) is 6.89. The Hall–Kier alpha value is -0.380. The molecular weight excluding hydrogens is 232 g/mol. The van der Waals surface area contributed by atoms with Crippen molar-refractivity contribution in [1.82, 2.24) is 0 Å². The highest BCUT2D eigenvalue weighted by atomic mass is 35.5. The molecular formula is C11H15ClO2S. The van der Waals surface area contributed by atoms with E-state index in [0.29, 0.717) is 11.6 Å². The summed E-state index contributed by atoms with van der Waals surface area (Å²) in [5.41, 5.74) is 0.969. The Morgan fingerprint density at radius 3 is 2.27 bits per heavy atom. The van der Waals surface area contributed by atoms with Crippen LogP contribution in [0.1, 0.15) is 26.3 Å². The summed E-state index contributed by atoms with van der Waals surface area (Å²) in [5, 5.41) is 0.690. The Kier molecular flexibility index (Phi) is 4.32. The molecule has 0 fully saturated rings. The van der Waals surface area contributed by atoms with Gasteiger partial charge in [-0.1, -0.05) is 23.7 Å². The first-order valence-corrected chi connectivity index (χ1v) is 6.14. The van der Waals surface area contributed by atoms with Crippen molar-refractivity contribution < 1.29 is 8.39 Å². The van der Waals surface area contributed by atoms with E-state index in [1.165, 1.54) is 0 Å². The number of rotatable bonds is 3. The zero-order valence-electron chi connectivity index (χ0n) is 9.12. The lowest BCUT2D eigenvalue weighted by molar-refractivity contribution is 0.326. The van der Waals surface area contributed by atoms with Crippen molar-refractivity contribution in [1.29, 1.82) is 0 Å². The van der Waals surface area contributed by atoms with E-state index in [4.69, 9.17) is 15.8 Å². The van der Waals surface area contributed by atoms with Crippen molar-refractivity contribution in [3.63, 3.8) is 0 Å². The van der Waals surface area contributed by atoms with Crippen LogP contribution in [0.15, 0.2) is 24.3 Å². The van der Waals surface area contributed by atoms with Crippen molar-refractivity contribution in [2.75, 3.05) is 0 Å². The molecule has 0 bridgehead atoms. The molecule has 0 saturated heterocycles. The van der Waals surface area contributed by atoms with Gasteiger partial charge in [-0.25, -0.2) is 4.21 Å². The Balaban J connectivity index is 2.51. The van der Waals surface area contributed by atoms with E-state index in [-0.39, 0.29) is 4.75 Å². The predicted molar refractivity (Wildman–Crippen MR) is 64.1 cm³/mol. The molecule has 4 heteroatoms. The van der Waals surface area contributed by atoms with Gasteiger partial charge in [-0.2, -0.15) is 0 Å². The Morgan fingerprint density at radius 1 is 1.27 bits per heavy atom. The zero-order chi connectivity index (χ0) is 11.5. The maximum atomic E-state index is 11.6. The lowest BCUT2D eigenvalue weighted by Gasteiger charge is -2.16. The van der Waals surface area contributed by atoms with Crippen molar-refractivity contribution in [2.24, 2.45) is 0 Å². The molecule has 0 aliphatic carbocycles. The van der Waals surface area contributed by atoms with Crippen LogP contribution in [-0.2, 0) is 21.9 Å². The summed E-state index contributed by atoms with van der Waals surface area (Å²) >= 11 is 4.47. The second-order valence-corrected chi connectivity index (χ2v) is 6.60. The largest absolute Gasteiger partial charge is 0.285 e. The Bertz CT molecular complexity index is 341. The summed E-state index contributed by atoms with van der Waals surface area (Å²) in [4.78, 5) is 0. The van der Waals surface area contributed by atoms with Gasteiger partial charge in [-0.3, -0.25) is 4.18 Å². The van der Waals surface area contributed by atoms with Gasteiger partial charge < -0.3 is 0 Å². The molecule has 15 heavy (non-hydrogen) atoms. The average Bonchev–Trinajstić information content (AvgIpc) is 2.15. The maximum absolute atomic E-state index is 11.6. The molecule has 1 aromatic rings. The minimum absolute atomic E-state index is 0.341. The lowest BCUT2D eigenvalue weighted by Crippen LogP contribution is -2.23. The summed E-state index contributed by atoms with van der Waals surface area (Å²) in [7, 11) is 0. The predicted octanol–water partition coefficient (Wildman–Crippen LogP) is 3.32. The molecule has 1 atom stereocenters. The van der Waals surface area contributed by atoms with Crippen LogP contribution in [0.4, 0.5) is 0 Å². The highest BCUT2D eigenvalue weighted by molar-refractivity contribution is 7.81. The van der Waals surface area contributed by atoms with E-state index in [9.17, 15) is 4.21 Å². The second-order valence-electron chi connectivity index (χ2n) is 4.24. The van der Waals surface area contributed by atoms with E-state index in [0.717, 1.165) is 5.56 Å².